The monoisotopic (exact) mass is 269 g/mol. The summed E-state index contributed by atoms with van der Waals surface area (Å²) in [4.78, 5) is 4.57. The molecule has 2 heterocycles. The number of aliphatic imine (C=N–C) groups is 1. The molecule has 0 radical (unpaired) electrons. The number of epoxide rings is 1. The Bertz CT molecular complexity index is 440. The molecule has 2 nitrogen and oxygen atoms in total. The van der Waals surface area contributed by atoms with E-state index in [0.29, 0.717) is 0 Å². The molecule has 14 heavy (non-hydrogen) atoms. The van der Waals surface area contributed by atoms with Crippen molar-refractivity contribution in [3.8, 4) is 0 Å². The summed E-state index contributed by atoms with van der Waals surface area (Å²) in [5.41, 5.74) is 2.08. The third-order valence-electron chi connectivity index (χ3n) is 2.59. The molecule has 2 aliphatic heterocycles. The van der Waals surface area contributed by atoms with Crippen molar-refractivity contribution in [2.45, 2.75) is 5.60 Å². The summed E-state index contributed by atoms with van der Waals surface area (Å²) in [7, 11) is 0. The molecule has 1 saturated heterocycles. The lowest BCUT2D eigenvalue weighted by Crippen LogP contribution is -2.14. The van der Waals surface area contributed by atoms with Crippen LogP contribution in [0.2, 0.25) is 0 Å². The average molecular weight is 270 g/mol. The lowest BCUT2D eigenvalue weighted by molar-refractivity contribution is 0.380. The molecule has 1 fully saturated rings. The van der Waals surface area contributed by atoms with E-state index in [1.807, 2.05) is 18.4 Å². The first-order valence-corrected chi connectivity index (χ1v) is 6.35. The van der Waals surface area contributed by atoms with Crippen molar-refractivity contribution in [3.05, 3.63) is 28.2 Å². The van der Waals surface area contributed by atoms with Crippen LogP contribution in [0.25, 0.3) is 0 Å². The van der Waals surface area contributed by atoms with Crippen LogP contribution in [-0.4, -0.2) is 17.9 Å². The van der Waals surface area contributed by atoms with Crippen LogP contribution in [-0.2, 0) is 10.3 Å². The minimum atomic E-state index is -0.171. The standard InChI is InChI=1S/C10H8BrNOS/c1-14-9-10(5-13-10)7-3-2-6(11)4-8(7)12-9/h2-4H,5H2,1H3. The van der Waals surface area contributed by atoms with E-state index in [1.165, 1.54) is 5.56 Å². The molecule has 1 aromatic carbocycles. The van der Waals surface area contributed by atoms with E-state index in [9.17, 15) is 0 Å². The Morgan fingerprint density at radius 1 is 1.57 bits per heavy atom. The quantitative estimate of drug-likeness (QED) is 0.677. The van der Waals surface area contributed by atoms with E-state index in [4.69, 9.17) is 4.74 Å². The van der Waals surface area contributed by atoms with E-state index in [1.54, 1.807) is 11.8 Å². The molecule has 3 rings (SSSR count). The van der Waals surface area contributed by atoms with Crippen molar-refractivity contribution in [3.63, 3.8) is 0 Å². The Hall–Kier alpha value is -0.320. The molecule has 2 aliphatic rings. The second-order valence-electron chi connectivity index (χ2n) is 3.40. The Balaban J connectivity index is 2.18. The summed E-state index contributed by atoms with van der Waals surface area (Å²) >= 11 is 5.12. The minimum Gasteiger partial charge on any atom is -0.357 e. The number of hydrogen-bond acceptors (Lipinski definition) is 3. The molecule has 0 aliphatic carbocycles. The first kappa shape index (κ1) is 8.95. The molecular weight excluding hydrogens is 262 g/mol. The highest BCUT2D eigenvalue weighted by Gasteiger charge is 2.55. The summed E-state index contributed by atoms with van der Waals surface area (Å²) in [5, 5.41) is 1.09. The van der Waals surface area contributed by atoms with E-state index >= 15 is 0 Å². The van der Waals surface area contributed by atoms with E-state index in [0.717, 1.165) is 21.8 Å². The van der Waals surface area contributed by atoms with Gasteiger partial charge in [-0.3, -0.25) is 0 Å². The Morgan fingerprint density at radius 3 is 3.00 bits per heavy atom. The number of hydrogen-bond donors (Lipinski definition) is 0. The van der Waals surface area contributed by atoms with Gasteiger partial charge in [0.15, 0.2) is 5.60 Å². The average Bonchev–Trinajstić information content (AvgIpc) is 2.88. The van der Waals surface area contributed by atoms with Gasteiger partial charge in [0.25, 0.3) is 0 Å². The summed E-state index contributed by atoms with van der Waals surface area (Å²) in [5.74, 6) is 0. The fourth-order valence-corrected chi connectivity index (χ4v) is 2.91. The highest BCUT2D eigenvalue weighted by molar-refractivity contribution is 9.10. The van der Waals surface area contributed by atoms with Crippen LogP contribution in [0.4, 0.5) is 5.69 Å². The van der Waals surface area contributed by atoms with E-state index < -0.39 is 0 Å². The van der Waals surface area contributed by atoms with Crippen LogP contribution in [0, 0.1) is 0 Å². The van der Waals surface area contributed by atoms with Gasteiger partial charge in [-0.1, -0.05) is 22.0 Å². The largest absolute Gasteiger partial charge is 0.357 e. The topological polar surface area (TPSA) is 24.9 Å². The predicted octanol–water partition coefficient (Wildman–Crippen LogP) is 3.08. The van der Waals surface area contributed by atoms with Gasteiger partial charge in [0.2, 0.25) is 0 Å². The molecule has 0 N–H and O–H groups in total. The number of benzene rings is 1. The maximum atomic E-state index is 5.56. The lowest BCUT2D eigenvalue weighted by atomic mass is 10.0. The van der Waals surface area contributed by atoms with Crippen LogP contribution >= 0.6 is 27.7 Å². The second kappa shape index (κ2) is 2.84. The zero-order valence-electron chi connectivity index (χ0n) is 7.58. The van der Waals surface area contributed by atoms with E-state index in [2.05, 4.69) is 27.0 Å². The Labute approximate surface area is 94.9 Å². The van der Waals surface area contributed by atoms with Crippen molar-refractivity contribution in [1.29, 1.82) is 0 Å². The molecule has 4 heteroatoms. The maximum Gasteiger partial charge on any atom is 0.166 e. The third-order valence-corrected chi connectivity index (χ3v) is 3.89. The highest BCUT2D eigenvalue weighted by Crippen LogP contribution is 2.52. The summed E-state index contributed by atoms with van der Waals surface area (Å²) in [6.07, 6.45) is 2.04. The predicted molar refractivity (Wildman–Crippen MR) is 62.4 cm³/mol. The molecule has 0 saturated carbocycles. The molecule has 0 aromatic heterocycles. The van der Waals surface area contributed by atoms with Gasteiger partial charge < -0.3 is 4.74 Å². The van der Waals surface area contributed by atoms with Gasteiger partial charge in [0.1, 0.15) is 5.04 Å². The molecule has 1 spiro atoms. The smallest absolute Gasteiger partial charge is 0.166 e. The van der Waals surface area contributed by atoms with Gasteiger partial charge in [0, 0.05) is 10.0 Å². The van der Waals surface area contributed by atoms with Crippen molar-refractivity contribution in [1.82, 2.24) is 0 Å². The minimum absolute atomic E-state index is 0.171. The highest BCUT2D eigenvalue weighted by atomic mass is 79.9. The van der Waals surface area contributed by atoms with E-state index in [-0.39, 0.29) is 5.60 Å². The fraction of sp³-hybridized carbons (Fsp3) is 0.300. The lowest BCUT2D eigenvalue weighted by Gasteiger charge is -2.05. The number of rotatable bonds is 0. The van der Waals surface area contributed by atoms with Crippen molar-refractivity contribution < 1.29 is 4.74 Å². The number of ether oxygens (including phenoxy) is 1. The van der Waals surface area contributed by atoms with Crippen LogP contribution in [0.3, 0.4) is 0 Å². The number of thioether (sulfide) groups is 1. The zero-order valence-corrected chi connectivity index (χ0v) is 9.98. The normalized spacial score (nSPS) is 27.7. The van der Waals surface area contributed by atoms with Crippen molar-refractivity contribution in [2.75, 3.05) is 12.9 Å². The molecular formula is C10H8BrNOS. The SMILES string of the molecule is CSC1=Nc2cc(Br)ccc2C12CO2. The number of nitrogens with zero attached hydrogens (tertiary/aromatic N) is 1. The fourth-order valence-electron chi connectivity index (χ4n) is 1.82. The molecule has 1 unspecified atom stereocenters. The summed E-state index contributed by atoms with van der Waals surface area (Å²) in [6.45, 7) is 0.779. The van der Waals surface area contributed by atoms with Gasteiger partial charge in [-0.2, -0.15) is 0 Å². The number of fused-ring (bicyclic) bond motifs is 2. The molecule has 1 atom stereocenters. The van der Waals surface area contributed by atoms with Crippen LogP contribution in [0.1, 0.15) is 5.56 Å². The third kappa shape index (κ3) is 1.05. The molecule has 1 aromatic rings. The molecule has 0 amide bonds. The summed E-state index contributed by atoms with van der Waals surface area (Å²) in [6, 6.07) is 6.18. The zero-order chi connectivity index (χ0) is 9.76. The summed E-state index contributed by atoms with van der Waals surface area (Å²) < 4.78 is 6.63. The van der Waals surface area contributed by atoms with Crippen molar-refractivity contribution in [2.24, 2.45) is 4.99 Å². The van der Waals surface area contributed by atoms with Gasteiger partial charge in [-0.15, -0.1) is 11.8 Å². The van der Waals surface area contributed by atoms with Crippen LogP contribution in [0.5, 0.6) is 0 Å². The Morgan fingerprint density at radius 2 is 2.36 bits per heavy atom. The first-order chi connectivity index (χ1) is 6.76. The van der Waals surface area contributed by atoms with Gasteiger partial charge in [-0.25, -0.2) is 4.99 Å². The maximum absolute atomic E-state index is 5.56. The van der Waals surface area contributed by atoms with Gasteiger partial charge in [0.05, 0.1) is 12.3 Å². The second-order valence-corrected chi connectivity index (χ2v) is 5.11. The van der Waals surface area contributed by atoms with Gasteiger partial charge in [-0.05, 0) is 18.4 Å². The van der Waals surface area contributed by atoms with Crippen molar-refractivity contribution >= 4 is 38.4 Å². The Kier molecular flexibility index (Phi) is 1.81. The molecule has 0 bridgehead atoms. The first-order valence-electron chi connectivity index (χ1n) is 4.33. The molecule has 72 valence electrons. The number of halogens is 1. The van der Waals surface area contributed by atoms with Crippen LogP contribution < -0.4 is 0 Å². The van der Waals surface area contributed by atoms with Gasteiger partial charge >= 0.3 is 0 Å². The van der Waals surface area contributed by atoms with Crippen LogP contribution in [0.15, 0.2) is 27.7 Å².